The highest BCUT2D eigenvalue weighted by Crippen LogP contribution is 2.28. The minimum Gasteiger partial charge on any atom is -0.268 e. The molecule has 3 aromatic rings. The van der Waals surface area contributed by atoms with Gasteiger partial charge in [-0.15, -0.1) is 22.9 Å². The van der Waals surface area contributed by atoms with Gasteiger partial charge in [-0.3, -0.25) is 4.68 Å². The maximum atomic E-state index is 5.83. The van der Waals surface area contributed by atoms with Crippen LogP contribution in [0.1, 0.15) is 17.0 Å². The van der Waals surface area contributed by atoms with Crippen molar-refractivity contribution in [1.82, 2.24) is 14.8 Å². The Labute approximate surface area is 126 Å². The first-order chi connectivity index (χ1) is 9.76. The van der Waals surface area contributed by atoms with E-state index in [0.29, 0.717) is 5.88 Å². The van der Waals surface area contributed by atoms with E-state index in [1.165, 1.54) is 5.56 Å². The molecule has 0 spiro atoms. The third-order valence-electron chi connectivity index (χ3n) is 3.04. The molecule has 0 aliphatic carbocycles. The summed E-state index contributed by atoms with van der Waals surface area (Å²) in [6.07, 6.45) is 2.00. The number of rotatable bonds is 4. The highest BCUT2D eigenvalue weighted by molar-refractivity contribution is 7.13. The first-order valence-corrected chi connectivity index (χ1v) is 7.76. The van der Waals surface area contributed by atoms with Crippen molar-refractivity contribution < 1.29 is 0 Å². The van der Waals surface area contributed by atoms with Gasteiger partial charge >= 0.3 is 0 Å². The van der Waals surface area contributed by atoms with Crippen LogP contribution in [0.4, 0.5) is 0 Å². The van der Waals surface area contributed by atoms with Crippen molar-refractivity contribution in [2.24, 2.45) is 0 Å². The van der Waals surface area contributed by atoms with E-state index in [1.54, 1.807) is 11.3 Å². The van der Waals surface area contributed by atoms with Crippen molar-refractivity contribution in [3.05, 3.63) is 58.9 Å². The molecule has 2 heterocycles. The summed E-state index contributed by atoms with van der Waals surface area (Å²) in [4.78, 5) is 4.56. The van der Waals surface area contributed by atoms with E-state index >= 15 is 0 Å². The van der Waals surface area contributed by atoms with Crippen molar-refractivity contribution in [2.75, 3.05) is 0 Å². The third-order valence-corrected chi connectivity index (χ3v) is 4.24. The Hall–Kier alpha value is -1.65. The number of alkyl halides is 1. The topological polar surface area (TPSA) is 30.7 Å². The molecule has 0 atom stereocenters. The molecule has 0 amide bonds. The molecule has 0 bridgehead atoms. The van der Waals surface area contributed by atoms with E-state index in [0.717, 1.165) is 28.5 Å². The minimum atomic E-state index is 0.455. The maximum absolute atomic E-state index is 5.83. The second-order valence-corrected chi connectivity index (χ2v) is 5.71. The van der Waals surface area contributed by atoms with Crippen molar-refractivity contribution in [2.45, 2.75) is 19.3 Å². The van der Waals surface area contributed by atoms with E-state index in [9.17, 15) is 0 Å². The fraction of sp³-hybridized carbons (Fsp3) is 0.200. The van der Waals surface area contributed by atoms with Gasteiger partial charge in [-0.05, 0) is 18.6 Å². The molecule has 0 unspecified atom stereocenters. The Balaban J connectivity index is 1.95. The lowest BCUT2D eigenvalue weighted by Crippen LogP contribution is -2.02. The average Bonchev–Trinajstić information content (AvgIpc) is 3.08. The van der Waals surface area contributed by atoms with Crippen LogP contribution >= 0.6 is 22.9 Å². The molecule has 3 rings (SSSR count). The van der Waals surface area contributed by atoms with Crippen molar-refractivity contribution >= 4 is 22.9 Å². The second kappa shape index (κ2) is 5.77. The molecule has 0 radical (unpaired) electrons. The summed E-state index contributed by atoms with van der Waals surface area (Å²) < 4.78 is 1.95. The Morgan fingerprint density at radius 3 is 2.80 bits per heavy atom. The quantitative estimate of drug-likeness (QED) is 0.679. The van der Waals surface area contributed by atoms with E-state index in [1.807, 2.05) is 41.4 Å². The Morgan fingerprint density at radius 2 is 2.10 bits per heavy atom. The predicted molar refractivity (Wildman–Crippen MR) is 83.2 cm³/mol. The molecule has 0 aliphatic heterocycles. The predicted octanol–water partition coefficient (Wildman–Crippen LogP) is 4.10. The highest BCUT2D eigenvalue weighted by atomic mass is 35.5. The molecule has 102 valence electrons. The Kier molecular flexibility index (Phi) is 3.85. The fourth-order valence-corrected chi connectivity index (χ4v) is 3.19. The Morgan fingerprint density at radius 1 is 1.25 bits per heavy atom. The van der Waals surface area contributed by atoms with Crippen LogP contribution in [0.25, 0.3) is 10.6 Å². The minimum absolute atomic E-state index is 0.455. The van der Waals surface area contributed by atoms with Crippen LogP contribution in [-0.2, 0) is 12.4 Å². The van der Waals surface area contributed by atoms with Crippen LogP contribution in [0.2, 0.25) is 0 Å². The van der Waals surface area contributed by atoms with Crippen molar-refractivity contribution in [3.63, 3.8) is 0 Å². The molecule has 2 aromatic heterocycles. The van der Waals surface area contributed by atoms with E-state index < -0.39 is 0 Å². The molecule has 0 saturated heterocycles. The lowest BCUT2D eigenvalue weighted by molar-refractivity contribution is 0.680. The first kappa shape index (κ1) is 13.3. The van der Waals surface area contributed by atoms with E-state index in [-0.39, 0.29) is 0 Å². The highest BCUT2D eigenvalue weighted by Gasteiger charge is 2.09. The number of hydrogen-bond acceptors (Lipinski definition) is 3. The standard InChI is InChI=1S/C15H14ClN3S/c1-11-6-7-19(18-11)9-12-4-2-3-5-14(12)15-17-13(8-16)10-20-15/h2-7,10H,8-9H2,1H3. The summed E-state index contributed by atoms with van der Waals surface area (Å²) in [6.45, 7) is 2.75. The van der Waals surface area contributed by atoms with Crippen molar-refractivity contribution in [3.8, 4) is 10.6 Å². The molecule has 0 fully saturated rings. The van der Waals surface area contributed by atoms with Crippen LogP contribution in [0.5, 0.6) is 0 Å². The molecule has 3 nitrogen and oxygen atoms in total. The first-order valence-electron chi connectivity index (χ1n) is 6.35. The zero-order chi connectivity index (χ0) is 13.9. The summed E-state index contributed by atoms with van der Waals surface area (Å²) in [7, 11) is 0. The van der Waals surface area contributed by atoms with Gasteiger partial charge < -0.3 is 0 Å². The largest absolute Gasteiger partial charge is 0.268 e. The van der Waals surface area contributed by atoms with Gasteiger partial charge in [0.1, 0.15) is 5.01 Å². The van der Waals surface area contributed by atoms with Crippen LogP contribution in [0.15, 0.2) is 41.9 Å². The van der Waals surface area contributed by atoms with Gasteiger partial charge in [0.25, 0.3) is 0 Å². The van der Waals surface area contributed by atoms with Crippen LogP contribution in [-0.4, -0.2) is 14.8 Å². The van der Waals surface area contributed by atoms with Crippen LogP contribution in [0.3, 0.4) is 0 Å². The second-order valence-electron chi connectivity index (χ2n) is 4.59. The number of aromatic nitrogens is 3. The third kappa shape index (κ3) is 2.76. The lowest BCUT2D eigenvalue weighted by Gasteiger charge is -2.07. The number of halogens is 1. The summed E-state index contributed by atoms with van der Waals surface area (Å²) in [5.74, 6) is 0.455. The van der Waals surface area contributed by atoms with Gasteiger partial charge in [0, 0.05) is 17.1 Å². The smallest absolute Gasteiger partial charge is 0.124 e. The van der Waals surface area contributed by atoms with Gasteiger partial charge in [0.15, 0.2) is 0 Å². The Bertz CT molecular complexity index is 717. The average molecular weight is 304 g/mol. The lowest BCUT2D eigenvalue weighted by atomic mass is 10.1. The van der Waals surface area contributed by atoms with Gasteiger partial charge in [-0.25, -0.2) is 4.98 Å². The molecular formula is C15H14ClN3S. The zero-order valence-electron chi connectivity index (χ0n) is 11.1. The van der Waals surface area contributed by atoms with Gasteiger partial charge in [0.05, 0.1) is 23.8 Å². The summed E-state index contributed by atoms with van der Waals surface area (Å²) >= 11 is 7.46. The summed E-state index contributed by atoms with van der Waals surface area (Å²) in [6, 6.07) is 10.3. The molecule has 20 heavy (non-hydrogen) atoms. The molecular weight excluding hydrogens is 290 g/mol. The van der Waals surface area contributed by atoms with Crippen molar-refractivity contribution in [1.29, 1.82) is 0 Å². The molecule has 0 saturated carbocycles. The number of thiazole rings is 1. The van der Waals surface area contributed by atoms with Gasteiger partial charge in [0.2, 0.25) is 0 Å². The monoisotopic (exact) mass is 303 g/mol. The zero-order valence-corrected chi connectivity index (χ0v) is 12.7. The van der Waals surface area contributed by atoms with Crippen LogP contribution < -0.4 is 0 Å². The van der Waals surface area contributed by atoms with Gasteiger partial charge in [-0.1, -0.05) is 24.3 Å². The SMILES string of the molecule is Cc1ccn(Cc2ccccc2-c2nc(CCl)cs2)n1. The fourth-order valence-electron chi connectivity index (χ4n) is 2.08. The molecule has 0 aliphatic rings. The van der Waals surface area contributed by atoms with Gasteiger partial charge in [-0.2, -0.15) is 5.10 Å². The number of benzene rings is 1. The molecule has 0 N–H and O–H groups in total. The number of hydrogen-bond donors (Lipinski definition) is 0. The van der Waals surface area contributed by atoms with E-state index in [4.69, 9.17) is 11.6 Å². The number of aryl methyl sites for hydroxylation is 1. The molecule has 1 aromatic carbocycles. The van der Waals surface area contributed by atoms with Crippen LogP contribution in [0, 0.1) is 6.92 Å². The van der Waals surface area contributed by atoms with E-state index in [2.05, 4.69) is 22.2 Å². The number of nitrogens with zero attached hydrogens (tertiary/aromatic N) is 3. The normalized spacial score (nSPS) is 10.9. The summed E-state index contributed by atoms with van der Waals surface area (Å²) in [5.41, 5.74) is 4.32. The molecule has 5 heteroatoms. The summed E-state index contributed by atoms with van der Waals surface area (Å²) in [5, 5.41) is 7.47. The maximum Gasteiger partial charge on any atom is 0.124 e.